The van der Waals surface area contributed by atoms with Gasteiger partial charge in [-0.25, -0.2) is 8.42 Å². The molecular weight excluding hydrogens is 384 g/mol. The summed E-state index contributed by atoms with van der Waals surface area (Å²) in [6, 6.07) is 10.9. The number of rotatable bonds is 6. The van der Waals surface area contributed by atoms with Crippen LogP contribution in [0.4, 0.5) is 5.69 Å². The third-order valence-corrected chi connectivity index (χ3v) is 5.44. The maximum atomic E-state index is 12.5. The monoisotopic (exact) mass is 404 g/mol. The summed E-state index contributed by atoms with van der Waals surface area (Å²) in [7, 11) is -2.10. The van der Waals surface area contributed by atoms with E-state index in [1.807, 2.05) is 0 Å². The molecule has 0 saturated carbocycles. The van der Waals surface area contributed by atoms with E-state index < -0.39 is 10.0 Å². The molecule has 9 heteroatoms. The predicted octanol–water partition coefficient (Wildman–Crippen LogP) is 1.92. The first-order valence-corrected chi connectivity index (χ1v) is 10.3. The van der Waals surface area contributed by atoms with Crippen LogP contribution in [0.3, 0.4) is 0 Å². The molecular formula is C19H20N2O6S. The molecule has 0 aliphatic rings. The first-order valence-electron chi connectivity index (χ1n) is 8.43. The molecule has 0 unspecified atom stereocenters. The number of hydrogen-bond acceptors (Lipinski definition) is 6. The highest BCUT2D eigenvalue weighted by atomic mass is 32.2. The molecule has 2 aromatic carbocycles. The average Bonchev–Trinajstić information content (AvgIpc) is 3.03. The Kier molecular flexibility index (Phi) is 5.30. The van der Waals surface area contributed by atoms with Crippen molar-refractivity contribution < 1.29 is 27.8 Å². The van der Waals surface area contributed by atoms with E-state index in [1.165, 1.54) is 25.2 Å². The summed E-state index contributed by atoms with van der Waals surface area (Å²) in [4.78, 5) is 12.5. The van der Waals surface area contributed by atoms with Gasteiger partial charge in [-0.3, -0.25) is 9.10 Å². The number of phenols is 1. The molecule has 1 aromatic heterocycles. The van der Waals surface area contributed by atoms with E-state index in [2.05, 4.69) is 5.32 Å². The number of anilines is 1. The number of sulfonamides is 1. The van der Waals surface area contributed by atoms with Gasteiger partial charge in [-0.1, -0.05) is 0 Å². The molecule has 0 aliphatic heterocycles. The van der Waals surface area contributed by atoms with Gasteiger partial charge in [0.2, 0.25) is 10.0 Å². The van der Waals surface area contributed by atoms with Crippen molar-refractivity contribution in [3.05, 3.63) is 48.0 Å². The lowest BCUT2D eigenvalue weighted by Gasteiger charge is -2.21. The van der Waals surface area contributed by atoms with Crippen molar-refractivity contribution in [2.75, 3.05) is 30.8 Å². The Morgan fingerprint density at radius 1 is 1.18 bits per heavy atom. The van der Waals surface area contributed by atoms with E-state index in [0.29, 0.717) is 33.5 Å². The van der Waals surface area contributed by atoms with Gasteiger partial charge in [0.05, 0.1) is 30.7 Å². The molecule has 0 atom stereocenters. The number of aliphatic hydroxyl groups is 1. The first-order chi connectivity index (χ1) is 13.3. The van der Waals surface area contributed by atoms with Gasteiger partial charge in [0, 0.05) is 24.1 Å². The minimum absolute atomic E-state index is 0.0800. The quantitative estimate of drug-likeness (QED) is 0.577. The highest BCUT2D eigenvalue weighted by Gasteiger charge is 2.24. The number of phenolic OH excluding ortho intramolecular Hbond substituents is 1. The van der Waals surface area contributed by atoms with Gasteiger partial charge in [0.1, 0.15) is 17.1 Å². The van der Waals surface area contributed by atoms with E-state index in [9.17, 15) is 23.4 Å². The van der Waals surface area contributed by atoms with Gasteiger partial charge in [-0.15, -0.1) is 0 Å². The first kappa shape index (κ1) is 19.7. The number of nitrogens with one attached hydrogen (secondary N) is 1. The van der Waals surface area contributed by atoms with Gasteiger partial charge in [0.15, 0.2) is 0 Å². The van der Waals surface area contributed by atoms with Gasteiger partial charge in [0.25, 0.3) is 5.91 Å². The molecule has 0 fully saturated rings. The largest absolute Gasteiger partial charge is 0.508 e. The third kappa shape index (κ3) is 3.67. The van der Waals surface area contributed by atoms with E-state index >= 15 is 0 Å². The van der Waals surface area contributed by atoms with Crippen molar-refractivity contribution in [1.82, 2.24) is 5.32 Å². The molecule has 3 aromatic rings. The number of amides is 1. The van der Waals surface area contributed by atoms with Crippen LogP contribution < -0.4 is 9.62 Å². The van der Waals surface area contributed by atoms with Crippen LogP contribution in [0, 0.1) is 0 Å². The zero-order chi connectivity index (χ0) is 20.5. The normalized spacial score (nSPS) is 11.5. The second-order valence-electron chi connectivity index (χ2n) is 6.17. The van der Waals surface area contributed by atoms with Crippen LogP contribution in [0.2, 0.25) is 0 Å². The maximum Gasteiger partial charge on any atom is 0.255 e. The van der Waals surface area contributed by atoms with Gasteiger partial charge < -0.3 is 19.9 Å². The number of fused-ring (bicyclic) bond motifs is 1. The lowest BCUT2D eigenvalue weighted by atomic mass is 10.0. The Balaban J connectivity index is 2.22. The molecule has 28 heavy (non-hydrogen) atoms. The van der Waals surface area contributed by atoms with Crippen molar-refractivity contribution in [1.29, 1.82) is 0 Å². The molecule has 0 radical (unpaired) electrons. The highest BCUT2D eigenvalue weighted by Crippen LogP contribution is 2.36. The van der Waals surface area contributed by atoms with Crippen LogP contribution in [-0.4, -0.2) is 51.0 Å². The van der Waals surface area contributed by atoms with Gasteiger partial charge >= 0.3 is 0 Å². The summed E-state index contributed by atoms with van der Waals surface area (Å²) < 4.78 is 31.0. The molecule has 8 nitrogen and oxygen atoms in total. The summed E-state index contributed by atoms with van der Waals surface area (Å²) in [6.07, 6.45) is 1.05. The lowest BCUT2D eigenvalue weighted by molar-refractivity contribution is 0.0964. The number of furan rings is 1. The fraction of sp³-hybridized carbons (Fsp3) is 0.211. The number of aromatic hydroxyl groups is 1. The zero-order valence-corrected chi connectivity index (χ0v) is 16.2. The Labute approximate surface area is 162 Å². The van der Waals surface area contributed by atoms with E-state index in [-0.39, 0.29) is 24.8 Å². The molecule has 0 aliphatic carbocycles. The minimum atomic E-state index is -3.61. The molecule has 1 heterocycles. The number of benzene rings is 2. The van der Waals surface area contributed by atoms with Crippen molar-refractivity contribution in [2.24, 2.45) is 0 Å². The smallest absolute Gasteiger partial charge is 0.255 e. The summed E-state index contributed by atoms with van der Waals surface area (Å²) in [5, 5.41) is 21.8. The van der Waals surface area contributed by atoms with Gasteiger partial charge in [-0.05, 0) is 36.4 Å². The average molecular weight is 404 g/mol. The van der Waals surface area contributed by atoms with Crippen LogP contribution in [-0.2, 0) is 10.0 Å². The number of carbonyl (C=O) groups excluding carboxylic acids is 1. The van der Waals surface area contributed by atoms with Crippen molar-refractivity contribution in [2.45, 2.75) is 0 Å². The molecule has 148 valence electrons. The second-order valence-corrected chi connectivity index (χ2v) is 8.08. The number of nitrogens with zero attached hydrogens (tertiary/aromatic N) is 1. The molecule has 0 saturated heterocycles. The third-order valence-electron chi connectivity index (χ3n) is 4.25. The Morgan fingerprint density at radius 2 is 1.86 bits per heavy atom. The maximum absolute atomic E-state index is 12.5. The van der Waals surface area contributed by atoms with Crippen LogP contribution in [0.1, 0.15) is 10.4 Å². The Hall–Kier alpha value is -3.04. The summed E-state index contributed by atoms with van der Waals surface area (Å²) in [6.45, 7) is -0.441. The second kappa shape index (κ2) is 7.53. The summed E-state index contributed by atoms with van der Waals surface area (Å²) in [5.41, 5.74) is 1.54. The predicted molar refractivity (Wildman–Crippen MR) is 106 cm³/mol. The molecule has 3 rings (SSSR count). The molecule has 0 bridgehead atoms. The lowest BCUT2D eigenvalue weighted by Crippen LogP contribution is -2.32. The topological polar surface area (TPSA) is 120 Å². The number of hydrogen-bond donors (Lipinski definition) is 3. The van der Waals surface area contributed by atoms with Crippen molar-refractivity contribution >= 4 is 32.6 Å². The SMILES string of the molecule is CNC(=O)c1c(-c2ccc(O)cc2)oc2cc(N(CCO)S(C)(=O)=O)ccc12. The Bertz CT molecular complexity index is 1120. The van der Waals surface area contributed by atoms with E-state index in [0.717, 1.165) is 10.6 Å². The van der Waals surface area contributed by atoms with Crippen LogP contribution in [0.5, 0.6) is 5.75 Å². The molecule has 0 spiro atoms. The minimum Gasteiger partial charge on any atom is -0.508 e. The number of aliphatic hydroxyl groups excluding tert-OH is 1. The van der Waals surface area contributed by atoms with Crippen LogP contribution in [0.15, 0.2) is 46.9 Å². The van der Waals surface area contributed by atoms with Gasteiger partial charge in [-0.2, -0.15) is 0 Å². The Morgan fingerprint density at radius 3 is 2.43 bits per heavy atom. The fourth-order valence-corrected chi connectivity index (χ4v) is 3.89. The van der Waals surface area contributed by atoms with Crippen LogP contribution >= 0.6 is 0 Å². The number of carbonyl (C=O) groups is 1. The molecule has 1 amide bonds. The summed E-state index contributed by atoms with van der Waals surface area (Å²) in [5.74, 6) is 0.0286. The highest BCUT2D eigenvalue weighted by molar-refractivity contribution is 7.92. The van der Waals surface area contributed by atoms with E-state index in [4.69, 9.17) is 4.42 Å². The molecule has 3 N–H and O–H groups in total. The fourth-order valence-electron chi connectivity index (χ4n) is 2.98. The van der Waals surface area contributed by atoms with Crippen molar-refractivity contribution in [3.63, 3.8) is 0 Å². The zero-order valence-electron chi connectivity index (χ0n) is 15.3. The summed E-state index contributed by atoms with van der Waals surface area (Å²) >= 11 is 0. The van der Waals surface area contributed by atoms with Crippen LogP contribution in [0.25, 0.3) is 22.3 Å². The van der Waals surface area contributed by atoms with E-state index in [1.54, 1.807) is 24.3 Å². The standard InChI is InChI=1S/C19H20N2O6S/c1-20-19(24)17-15-8-5-13(21(9-10-22)28(2,25)26)11-16(15)27-18(17)12-3-6-14(23)7-4-12/h3-8,11,22-23H,9-10H2,1-2H3,(H,20,24). The van der Waals surface area contributed by atoms with Crippen molar-refractivity contribution in [3.8, 4) is 17.1 Å².